The summed E-state index contributed by atoms with van der Waals surface area (Å²) in [4.78, 5) is 3.41. The van der Waals surface area contributed by atoms with E-state index in [1.165, 1.54) is 29.3 Å². The molecule has 1 aromatic carbocycles. The molecule has 2 nitrogen and oxygen atoms in total. The Hall–Kier alpha value is -0.930. The number of thiol groups is 1. The maximum atomic E-state index is 4.48. The topological polar surface area (TPSA) is 27.8 Å². The van der Waals surface area contributed by atoms with Crippen molar-refractivity contribution in [1.82, 2.24) is 10.3 Å². The molecule has 0 spiro atoms. The molecule has 0 radical (unpaired) electrons. The number of piperidine rings is 1. The number of fused-ring (bicyclic) bond motifs is 2. The molecule has 1 fully saturated rings. The molecule has 1 aliphatic heterocycles. The largest absolute Gasteiger partial charge is 0.361 e. The third-order valence-electron chi connectivity index (χ3n) is 4.66. The lowest BCUT2D eigenvalue weighted by Gasteiger charge is -2.40. The zero-order valence-corrected chi connectivity index (χ0v) is 11.2. The van der Waals surface area contributed by atoms with Crippen LogP contribution in [-0.2, 0) is 6.42 Å². The van der Waals surface area contributed by atoms with E-state index in [2.05, 4.69) is 47.3 Å². The van der Waals surface area contributed by atoms with Gasteiger partial charge in [0.25, 0.3) is 0 Å². The van der Waals surface area contributed by atoms with Crippen molar-refractivity contribution >= 4 is 23.5 Å². The molecule has 3 heteroatoms. The first-order valence-corrected chi connectivity index (χ1v) is 7.43. The lowest BCUT2D eigenvalue weighted by Crippen LogP contribution is -2.47. The van der Waals surface area contributed by atoms with Crippen molar-refractivity contribution in [2.45, 2.75) is 24.8 Å². The number of H-pyrrole nitrogens is 1. The summed E-state index contributed by atoms with van der Waals surface area (Å²) in [6.07, 6.45) is 4.64. The maximum Gasteiger partial charge on any atom is 0.0459 e. The van der Waals surface area contributed by atoms with Crippen molar-refractivity contribution in [1.29, 1.82) is 0 Å². The summed E-state index contributed by atoms with van der Waals surface area (Å²) in [5.41, 5.74) is 4.33. The van der Waals surface area contributed by atoms with Gasteiger partial charge in [-0.1, -0.05) is 12.1 Å². The molecular formula is C15H18N2S. The van der Waals surface area contributed by atoms with E-state index in [9.17, 15) is 0 Å². The van der Waals surface area contributed by atoms with Crippen LogP contribution < -0.4 is 5.32 Å². The maximum absolute atomic E-state index is 4.48. The highest BCUT2D eigenvalue weighted by Gasteiger charge is 2.35. The highest BCUT2D eigenvalue weighted by atomic mass is 32.1. The van der Waals surface area contributed by atoms with Gasteiger partial charge in [0, 0.05) is 29.1 Å². The van der Waals surface area contributed by atoms with Gasteiger partial charge in [0.1, 0.15) is 0 Å². The van der Waals surface area contributed by atoms with Gasteiger partial charge in [0.15, 0.2) is 0 Å². The monoisotopic (exact) mass is 258 g/mol. The predicted octanol–water partition coefficient (Wildman–Crippen LogP) is 2.72. The van der Waals surface area contributed by atoms with Crippen LogP contribution in [0.15, 0.2) is 24.4 Å². The molecule has 18 heavy (non-hydrogen) atoms. The van der Waals surface area contributed by atoms with Crippen LogP contribution in [0.3, 0.4) is 0 Å². The molecule has 2 N–H and O–H groups in total. The Kier molecular flexibility index (Phi) is 2.45. The van der Waals surface area contributed by atoms with Gasteiger partial charge < -0.3 is 10.3 Å². The van der Waals surface area contributed by atoms with Crippen LogP contribution in [0.5, 0.6) is 0 Å². The average Bonchev–Trinajstić information content (AvgIpc) is 2.83. The standard InChI is InChI=1S/C15H18N2S/c18-8-9-4-12-11-2-1-3-13-15(11)10(7-17-13)5-14(12)16-6-9/h1-3,7,9,12,14,16-18H,4-6,8H2/t9?,12-,14-/m1/s1. The van der Waals surface area contributed by atoms with Crippen LogP contribution in [0.2, 0.25) is 0 Å². The van der Waals surface area contributed by atoms with Crippen LogP contribution in [0.1, 0.15) is 23.5 Å². The fourth-order valence-corrected chi connectivity index (χ4v) is 4.04. The summed E-state index contributed by atoms with van der Waals surface area (Å²) in [5, 5.41) is 5.22. The molecular weight excluding hydrogens is 240 g/mol. The summed E-state index contributed by atoms with van der Waals surface area (Å²) in [6, 6.07) is 7.31. The summed E-state index contributed by atoms with van der Waals surface area (Å²) in [6.45, 7) is 1.13. The molecule has 1 aromatic heterocycles. The van der Waals surface area contributed by atoms with E-state index >= 15 is 0 Å². The molecule has 94 valence electrons. The molecule has 2 aromatic rings. The van der Waals surface area contributed by atoms with Gasteiger partial charge in [-0.15, -0.1) is 0 Å². The second kappa shape index (κ2) is 4.04. The first-order chi connectivity index (χ1) is 8.86. The number of hydrogen-bond donors (Lipinski definition) is 3. The smallest absolute Gasteiger partial charge is 0.0459 e. The quantitative estimate of drug-likeness (QED) is 0.674. The average molecular weight is 258 g/mol. The van der Waals surface area contributed by atoms with Crippen LogP contribution in [0.25, 0.3) is 10.9 Å². The minimum absolute atomic E-state index is 0.620. The summed E-state index contributed by atoms with van der Waals surface area (Å²) in [7, 11) is 0. The molecule has 1 aliphatic carbocycles. The number of benzene rings is 1. The van der Waals surface area contributed by atoms with Gasteiger partial charge in [0.05, 0.1) is 0 Å². The van der Waals surface area contributed by atoms with Gasteiger partial charge >= 0.3 is 0 Å². The van der Waals surface area contributed by atoms with E-state index in [-0.39, 0.29) is 0 Å². The fourth-order valence-electron chi connectivity index (χ4n) is 3.76. The SMILES string of the molecule is SCC1CN[C@@H]2Cc3c[nH]c4cccc(c34)[C@H]2C1. The summed E-state index contributed by atoms with van der Waals surface area (Å²) >= 11 is 4.48. The Morgan fingerprint density at radius 3 is 3.17 bits per heavy atom. The highest BCUT2D eigenvalue weighted by Crippen LogP contribution is 2.41. The third-order valence-corrected chi connectivity index (χ3v) is 5.18. The van der Waals surface area contributed by atoms with Crippen LogP contribution in [0.4, 0.5) is 0 Å². The normalized spacial score (nSPS) is 30.4. The first kappa shape index (κ1) is 10.9. The molecule has 1 saturated heterocycles. The molecule has 3 atom stereocenters. The van der Waals surface area contributed by atoms with Crippen molar-refractivity contribution < 1.29 is 0 Å². The number of hydrogen-bond acceptors (Lipinski definition) is 2. The van der Waals surface area contributed by atoms with E-state index in [1.54, 1.807) is 5.56 Å². The van der Waals surface area contributed by atoms with Crippen LogP contribution in [-0.4, -0.2) is 23.3 Å². The Bertz CT molecular complexity index is 589. The zero-order valence-electron chi connectivity index (χ0n) is 10.3. The third kappa shape index (κ3) is 1.47. The molecule has 2 aliphatic rings. The predicted molar refractivity (Wildman–Crippen MR) is 78.5 cm³/mol. The molecule has 0 amide bonds. The minimum Gasteiger partial charge on any atom is -0.361 e. The Labute approximate surface area is 113 Å². The van der Waals surface area contributed by atoms with Gasteiger partial charge in [-0.05, 0) is 48.3 Å². The first-order valence-electron chi connectivity index (χ1n) is 6.80. The lowest BCUT2D eigenvalue weighted by atomic mass is 9.73. The minimum atomic E-state index is 0.620. The van der Waals surface area contributed by atoms with E-state index in [4.69, 9.17) is 0 Å². The molecule has 2 heterocycles. The van der Waals surface area contributed by atoms with Crippen molar-refractivity contribution in [3.05, 3.63) is 35.5 Å². The number of rotatable bonds is 1. The van der Waals surface area contributed by atoms with Crippen molar-refractivity contribution in [2.24, 2.45) is 5.92 Å². The van der Waals surface area contributed by atoms with Gasteiger partial charge in [-0.3, -0.25) is 0 Å². The molecule has 0 saturated carbocycles. The molecule has 0 bridgehead atoms. The Balaban J connectivity index is 1.85. The molecule has 1 unspecified atom stereocenters. The summed E-state index contributed by atoms with van der Waals surface area (Å²) in [5.74, 6) is 2.37. The Morgan fingerprint density at radius 2 is 2.28 bits per heavy atom. The number of aromatic amines is 1. The van der Waals surface area contributed by atoms with Crippen molar-refractivity contribution in [3.8, 4) is 0 Å². The fraction of sp³-hybridized carbons (Fsp3) is 0.467. The Morgan fingerprint density at radius 1 is 1.33 bits per heavy atom. The van der Waals surface area contributed by atoms with E-state index < -0.39 is 0 Å². The second-order valence-electron chi connectivity index (χ2n) is 5.69. The van der Waals surface area contributed by atoms with Gasteiger partial charge in [-0.2, -0.15) is 12.6 Å². The number of aromatic nitrogens is 1. The second-order valence-corrected chi connectivity index (χ2v) is 6.06. The number of nitrogens with one attached hydrogen (secondary N) is 2. The lowest BCUT2D eigenvalue weighted by molar-refractivity contribution is 0.286. The van der Waals surface area contributed by atoms with Gasteiger partial charge in [0.2, 0.25) is 0 Å². The highest BCUT2D eigenvalue weighted by molar-refractivity contribution is 7.80. The zero-order chi connectivity index (χ0) is 12.1. The summed E-state index contributed by atoms with van der Waals surface area (Å²) < 4.78 is 0. The van der Waals surface area contributed by atoms with E-state index in [1.807, 2.05) is 0 Å². The van der Waals surface area contributed by atoms with Crippen molar-refractivity contribution in [2.75, 3.05) is 12.3 Å². The van der Waals surface area contributed by atoms with Crippen molar-refractivity contribution in [3.63, 3.8) is 0 Å². The van der Waals surface area contributed by atoms with Crippen LogP contribution in [0, 0.1) is 5.92 Å². The van der Waals surface area contributed by atoms with E-state index in [0.717, 1.165) is 12.3 Å². The molecule has 4 rings (SSSR count). The van der Waals surface area contributed by atoms with E-state index in [0.29, 0.717) is 17.9 Å². The van der Waals surface area contributed by atoms with Gasteiger partial charge in [-0.25, -0.2) is 0 Å². The van der Waals surface area contributed by atoms with Crippen LogP contribution >= 0.6 is 12.6 Å².